The number of aromatic nitrogens is 1. The highest BCUT2D eigenvalue weighted by Gasteiger charge is 2.39. The number of carbonyl (C=O) groups excluding carboxylic acids is 1. The second-order valence-electron chi connectivity index (χ2n) is 5.53. The SMILES string of the molecule is O=C(NO)C1(NCc2cc(-c3ccccc3)no2)CCSCC1. The Bertz CT molecular complexity index is 654. The monoisotopic (exact) mass is 333 g/mol. The van der Waals surface area contributed by atoms with Crippen LogP contribution in [-0.4, -0.2) is 33.3 Å². The first kappa shape index (κ1) is 16.0. The normalized spacial score (nSPS) is 16.9. The molecule has 23 heavy (non-hydrogen) atoms. The van der Waals surface area contributed by atoms with Crippen LogP contribution in [0.15, 0.2) is 40.9 Å². The number of benzene rings is 1. The molecule has 3 N–H and O–H groups in total. The van der Waals surface area contributed by atoms with Crippen LogP contribution in [0.3, 0.4) is 0 Å². The molecule has 122 valence electrons. The van der Waals surface area contributed by atoms with Gasteiger partial charge in [0, 0.05) is 11.6 Å². The first-order valence-electron chi connectivity index (χ1n) is 7.52. The quantitative estimate of drug-likeness (QED) is 0.574. The maximum atomic E-state index is 12.1. The van der Waals surface area contributed by atoms with Crippen LogP contribution < -0.4 is 10.8 Å². The fourth-order valence-corrected chi connectivity index (χ4v) is 3.90. The van der Waals surface area contributed by atoms with Gasteiger partial charge in [-0.1, -0.05) is 35.5 Å². The van der Waals surface area contributed by atoms with Crippen LogP contribution in [0.25, 0.3) is 11.3 Å². The number of amides is 1. The molecule has 0 saturated carbocycles. The molecule has 1 saturated heterocycles. The number of hydrogen-bond acceptors (Lipinski definition) is 6. The molecule has 7 heteroatoms. The van der Waals surface area contributed by atoms with E-state index in [0.717, 1.165) is 22.8 Å². The van der Waals surface area contributed by atoms with Gasteiger partial charge in [0.15, 0.2) is 5.76 Å². The minimum absolute atomic E-state index is 0.387. The van der Waals surface area contributed by atoms with E-state index < -0.39 is 5.54 Å². The number of rotatable bonds is 5. The molecule has 0 aliphatic carbocycles. The van der Waals surface area contributed by atoms with E-state index >= 15 is 0 Å². The van der Waals surface area contributed by atoms with E-state index in [1.807, 2.05) is 48.2 Å². The fourth-order valence-electron chi connectivity index (χ4n) is 2.71. The molecular weight excluding hydrogens is 314 g/mol. The van der Waals surface area contributed by atoms with E-state index in [1.54, 1.807) is 5.48 Å². The summed E-state index contributed by atoms with van der Waals surface area (Å²) in [7, 11) is 0. The minimum atomic E-state index is -0.750. The van der Waals surface area contributed by atoms with Crippen LogP contribution >= 0.6 is 11.8 Å². The highest BCUT2D eigenvalue weighted by molar-refractivity contribution is 7.99. The van der Waals surface area contributed by atoms with Crippen LogP contribution in [0.5, 0.6) is 0 Å². The van der Waals surface area contributed by atoms with Crippen LogP contribution in [0, 0.1) is 0 Å². The zero-order chi connectivity index (χ0) is 16.1. The van der Waals surface area contributed by atoms with Crippen molar-refractivity contribution in [1.82, 2.24) is 16.0 Å². The van der Waals surface area contributed by atoms with Crippen molar-refractivity contribution in [3.05, 3.63) is 42.2 Å². The lowest BCUT2D eigenvalue weighted by Gasteiger charge is -2.35. The fraction of sp³-hybridized carbons (Fsp3) is 0.375. The summed E-state index contributed by atoms with van der Waals surface area (Å²) < 4.78 is 5.36. The molecule has 1 aromatic carbocycles. The van der Waals surface area contributed by atoms with Crippen LogP contribution in [0.2, 0.25) is 0 Å². The van der Waals surface area contributed by atoms with Crippen LogP contribution in [0.4, 0.5) is 0 Å². The van der Waals surface area contributed by atoms with Gasteiger partial charge in [0.2, 0.25) is 0 Å². The van der Waals surface area contributed by atoms with Crippen molar-refractivity contribution in [2.75, 3.05) is 11.5 Å². The van der Waals surface area contributed by atoms with Crippen molar-refractivity contribution >= 4 is 17.7 Å². The predicted molar refractivity (Wildman–Crippen MR) is 88.0 cm³/mol. The maximum absolute atomic E-state index is 12.1. The Morgan fingerprint density at radius 1 is 1.30 bits per heavy atom. The lowest BCUT2D eigenvalue weighted by Crippen LogP contribution is -2.58. The minimum Gasteiger partial charge on any atom is -0.359 e. The van der Waals surface area contributed by atoms with Gasteiger partial charge in [-0.3, -0.25) is 15.3 Å². The standard InChI is InChI=1S/C16H19N3O3S/c20-15(18-21)16(6-8-23-9-7-16)17-11-13-10-14(19-22-13)12-4-2-1-3-5-12/h1-5,10,17,21H,6-9,11H2,(H,18,20). The third kappa shape index (κ3) is 3.57. The predicted octanol–water partition coefficient (Wildman–Crippen LogP) is 2.20. The molecule has 0 unspecified atom stereocenters. The number of nitrogens with one attached hydrogen (secondary N) is 2. The van der Waals surface area contributed by atoms with Gasteiger partial charge in [0.05, 0.1) is 6.54 Å². The molecule has 2 aromatic rings. The molecule has 0 atom stereocenters. The molecule has 6 nitrogen and oxygen atoms in total. The van der Waals surface area contributed by atoms with E-state index in [9.17, 15) is 4.79 Å². The number of thioether (sulfide) groups is 1. The molecule has 0 radical (unpaired) electrons. The molecule has 1 aromatic heterocycles. The van der Waals surface area contributed by atoms with E-state index in [0.29, 0.717) is 25.1 Å². The van der Waals surface area contributed by atoms with E-state index in [2.05, 4.69) is 10.5 Å². The lowest BCUT2D eigenvalue weighted by molar-refractivity contribution is -0.136. The molecule has 1 amide bonds. The van der Waals surface area contributed by atoms with Gasteiger partial charge in [-0.25, -0.2) is 5.48 Å². The highest BCUT2D eigenvalue weighted by Crippen LogP contribution is 2.28. The average Bonchev–Trinajstić information content (AvgIpc) is 3.10. The summed E-state index contributed by atoms with van der Waals surface area (Å²) in [6, 6.07) is 11.6. The van der Waals surface area contributed by atoms with Gasteiger partial charge < -0.3 is 4.52 Å². The smallest absolute Gasteiger partial charge is 0.263 e. The lowest BCUT2D eigenvalue weighted by atomic mass is 9.91. The third-order valence-electron chi connectivity index (χ3n) is 4.11. The zero-order valence-electron chi connectivity index (χ0n) is 12.6. The van der Waals surface area contributed by atoms with Crippen molar-refractivity contribution in [3.63, 3.8) is 0 Å². The largest absolute Gasteiger partial charge is 0.359 e. The average molecular weight is 333 g/mol. The van der Waals surface area contributed by atoms with Gasteiger partial charge >= 0.3 is 0 Å². The first-order chi connectivity index (χ1) is 11.2. The van der Waals surface area contributed by atoms with Crippen molar-refractivity contribution in [2.45, 2.75) is 24.9 Å². The van der Waals surface area contributed by atoms with E-state index in [-0.39, 0.29) is 5.91 Å². The molecule has 0 bridgehead atoms. The number of nitrogens with zero attached hydrogens (tertiary/aromatic N) is 1. The van der Waals surface area contributed by atoms with E-state index in [1.165, 1.54) is 0 Å². The Morgan fingerprint density at radius 3 is 2.74 bits per heavy atom. The van der Waals surface area contributed by atoms with Gasteiger partial charge in [0.1, 0.15) is 11.2 Å². The van der Waals surface area contributed by atoms with Crippen molar-refractivity contribution in [1.29, 1.82) is 0 Å². The van der Waals surface area contributed by atoms with Crippen molar-refractivity contribution < 1.29 is 14.5 Å². The second-order valence-corrected chi connectivity index (χ2v) is 6.76. The number of carbonyl (C=O) groups is 1. The molecule has 2 heterocycles. The molecule has 1 fully saturated rings. The number of hydroxylamine groups is 1. The Kier molecular flexibility index (Phi) is 5.00. The topological polar surface area (TPSA) is 87.4 Å². The maximum Gasteiger partial charge on any atom is 0.263 e. The Labute approximate surface area is 138 Å². The molecule has 0 spiro atoms. The Hall–Kier alpha value is -1.83. The Morgan fingerprint density at radius 2 is 2.04 bits per heavy atom. The van der Waals surface area contributed by atoms with Crippen molar-refractivity contribution in [3.8, 4) is 11.3 Å². The van der Waals surface area contributed by atoms with Gasteiger partial charge in [0.25, 0.3) is 5.91 Å². The number of hydrogen-bond donors (Lipinski definition) is 3. The summed E-state index contributed by atoms with van der Waals surface area (Å²) in [5, 5.41) is 16.3. The summed E-state index contributed by atoms with van der Waals surface area (Å²) >= 11 is 1.81. The molecule has 3 rings (SSSR count). The first-order valence-corrected chi connectivity index (χ1v) is 8.67. The van der Waals surface area contributed by atoms with Gasteiger partial charge in [-0.15, -0.1) is 0 Å². The van der Waals surface area contributed by atoms with Crippen LogP contribution in [0.1, 0.15) is 18.6 Å². The summed E-state index contributed by atoms with van der Waals surface area (Å²) in [6.07, 6.45) is 1.34. The summed E-state index contributed by atoms with van der Waals surface area (Å²) in [4.78, 5) is 12.1. The Balaban J connectivity index is 1.69. The van der Waals surface area contributed by atoms with Crippen LogP contribution in [-0.2, 0) is 11.3 Å². The summed E-state index contributed by atoms with van der Waals surface area (Å²) in [5.41, 5.74) is 2.79. The second kappa shape index (κ2) is 7.16. The van der Waals surface area contributed by atoms with E-state index in [4.69, 9.17) is 9.73 Å². The zero-order valence-corrected chi connectivity index (χ0v) is 13.4. The van der Waals surface area contributed by atoms with Gasteiger partial charge in [-0.2, -0.15) is 11.8 Å². The highest BCUT2D eigenvalue weighted by atomic mass is 32.2. The molecule has 1 aliphatic rings. The van der Waals surface area contributed by atoms with Crippen molar-refractivity contribution in [2.24, 2.45) is 0 Å². The van der Waals surface area contributed by atoms with Gasteiger partial charge in [-0.05, 0) is 24.3 Å². The third-order valence-corrected chi connectivity index (χ3v) is 5.10. The molecular formula is C16H19N3O3S. The summed E-state index contributed by atoms with van der Waals surface area (Å²) in [6.45, 7) is 0.387. The molecule has 1 aliphatic heterocycles. The summed E-state index contributed by atoms with van der Waals surface area (Å²) in [5.74, 6) is 2.03.